The summed E-state index contributed by atoms with van der Waals surface area (Å²) in [7, 11) is -6.78. The van der Waals surface area contributed by atoms with Crippen molar-refractivity contribution in [3.63, 3.8) is 0 Å². The summed E-state index contributed by atoms with van der Waals surface area (Å²) in [5.41, 5.74) is 0. The highest BCUT2D eigenvalue weighted by Crippen LogP contribution is 2.26. The lowest BCUT2D eigenvalue weighted by molar-refractivity contribution is 0.310. The summed E-state index contributed by atoms with van der Waals surface area (Å²) in [5, 5.41) is -0.210. The molecule has 0 N–H and O–H groups in total. The molecular formula is C11H14ClNO4S2. The lowest BCUT2D eigenvalue weighted by atomic mass is 10.3. The van der Waals surface area contributed by atoms with Crippen molar-refractivity contribution in [2.75, 3.05) is 18.8 Å². The van der Waals surface area contributed by atoms with Gasteiger partial charge < -0.3 is 0 Å². The second-order valence-electron chi connectivity index (χ2n) is 4.34. The zero-order chi connectivity index (χ0) is 14.3. The molecule has 0 amide bonds. The molecule has 0 unspecified atom stereocenters. The van der Waals surface area contributed by atoms with Crippen molar-refractivity contribution in [2.45, 2.75) is 17.1 Å². The van der Waals surface area contributed by atoms with Gasteiger partial charge in [0.1, 0.15) is 0 Å². The van der Waals surface area contributed by atoms with Crippen molar-refractivity contribution in [3.8, 4) is 0 Å². The highest BCUT2D eigenvalue weighted by Gasteiger charge is 2.42. The average molecular weight is 324 g/mol. The van der Waals surface area contributed by atoms with Crippen molar-refractivity contribution in [3.05, 3.63) is 29.3 Å². The molecule has 1 heterocycles. The molecule has 1 fully saturated rings. The number of sulfonamides is 1. The lowest BCUT2D eigenvalue weighted by Crippen LogP contribution is -2.57. The van der Waals surface area contributed by atoms with Gasteiger partial charge in [-0.05, 0) is 31.2 Å². The van der Waals surface area contributed by atoms with Gasteiger partial charge >= 0.3 is 0 Å². The molecule has 0 atom stereocenters. The summed E-state index contributed by atoms with van der Waals surface area (Å²) in [6.45, 7) is 1.60. The van der Waals surface area contributed by atoms with Gasteiger partial charge in [0.2, 0.25) is 10.0 Å². The largest absolute Gasteiger partial charge is 0.223 e. The van der Waals surface area contributed by atoms with E-state index in [1.165, 1.54) is 35.5 Å². The van der Waals surface area contributed by atoms with Crippen molar-refractivity contribution >= 4 is 31.5 Å². The molecular weight excluding hydrogens is 310 g/mol. The molecule has 2 rings (SSSR count). The number of sulfone groups is 1. The van der Waals surface area contributed by atoms with Crippen LogP contribution in [0.5, 0.6) is 0 Å². The van der Waals surface area contributed by atoms with Crippen LogP contribution in [0.25, 0.3) is 0 Å². The molecule has 1 saturated heterocycles. The Balaban J connectivity index is 2.15. The van der Waals surface area contributed by atoms with Crippen LogP contribution in [-0.4, -0.2) is 45.2 Å². The molecule has 1 aromatic carbocycles. The molecule has 0 bridgehead atoms. The molecule has 5 nitrogen and oxygen atoms in total. The maximum absolute atomic E-state index is 12.2. The minimum absolute atomic E-state index is 0.0132. The highest BCUT2D eigenvalue weighted by atomic mass is 35.5. The van der Waals surface area contributed by atoms with Crippen molar-refractivity contribution in [2.24, 2.45) is 0 Å². The molecule has 0 spiro atoms. The molecule has 0 radical (unpaired) electrons. The van der Waals surface area contributed by atoms with Crippen LogP contribution in [-0.2, 0) is 19.9 Å². The zero-order valence-electron chi connectivity index (χ0n) is 10.3. The zero-order valence-corrected chi connectivity index (χ0v) is 12.7. The van der Waals surface area contributed by atoms with Gasteiger partial charge in [-0.2, -0.15) is 4.31 Å². The fourth-order valence-corrected chi connectivity index (χ4v) is 4.97. The van der Waals surface area contributed by atoms with Gasteiger partial charge in [0.15, 0.2) is 9.84 Å². The summed E-state index contributed by atoms with van der Waals surface area (Å²) < 4.78 is 48.7. The normalized spacial score (nSPS) is 18.2. The number of halogens is 1. The molecule has 1 aliphatic heterocycles. The van der Waals surface area contributed by atoms with Crippen molar-refractivity contribution < 1.29 is 16.8 Å². The van der Waals surface area contributed by atoms with E-state index in [1.54, 1.807) is 0 Å². The smallest absolute Gasteiger partial charge is 0.213 e. The molecule has 0 aliphatic carbocycles. The first kappa shape index (κ1) is 14.8. The lowest BCUT2D eigenvalue weighted by Gasteiger charge is -2.37. The first-order valence-electron chi connectivity index (χ1n) is 5.74. The van der Waals surface area contributed by atoms with Gasteiger partial charge in [-0.1, -0.05) is 11.6 Å². The Morgan fingerprint density at radius 2 is 1.68 bits per heavy atom. The SMILES string of the molecule is CCS(=O)(=O)N1CC(S(=O)(=O)c2ccc(Cl)cc2)C1. The van der Waals surface area contributed by atoms with Crippen LogP contribution in [0, 0.1) is 0 Å². The van der Waals surface area contributed by atoms with E-state index in [0.717, 1.165) is 0 Å². The van der Waals surface area contributed by atoms with Crippen LogP contribution in [0.2, 0.25) is 5.02 Å². The van der Waals surface area contributed by atoms with E-state index in [9.17, 15) is 16.8 Å². The Hall–Kier alpha value is -0.630. The van der Waals surface area contributed by atoms with Crippen molar-refractivity contribution in [1.82, 2.24) is 4.31 Å². The van der Waals surface area contributed by atoms with E-state index < -0.39 is 25.1 Å². The predicted molar refractivity (Wildman–Crippen MR) is 73.5 cm³/mol. The van der Waals surface area contributed by atoms with Crippen LogP contribution < -0.4 is 0 Å². The topological polar surface area (TPSA) is 71.5 Å². The van der Waals surface area contributed by atoms with Crippen LogP contribution in [0.15, 0.2) is 29.2 Å². The highest BCUT2D eigenvalue weighted by molar-refractivity contribution is 7.92. The Morgan fingerprint density at radius 3 is 2.16 bits per heavy atom. The van der Waals surface area contributed by atoms with E-state index in [4.69, 9.17) is 11.6 Å². The molecule has 8 heteroatoms. The number of benzene rings is 1. The van der Waals surface area contributed by atoms with Gasteiger partial charge in [0.05, 0.1) is 15.9 Å². The van der Waals surface area contributed by atoms with E-state index in [2.05, 4.69) is 0 Å². The summed E-state index contributed by atoms with van der Waals surface area (Å²) in [6, 6.07) is 5.89. The predicted octanol–water partition coefficient (Wildman–Crippen LogP) is 1.15. The minimum atomic E-state index is -3.49. The van der Waals surface area contributed by atoms with Crippen LogP contribution in [0.4, 0.5) is 0 Å². The van der Waals surface area contributed by atoms with Gasteiger partial charge in [-0.3, -0.25) is 0 Å². The summed E-state index contributed by atoms with van der Waals surface area (Å²) in [5.74, 6) is -0.0132. The second-order valence-corrected chi connectivity index (χ2v) is 9.26. The van der Waals surface area contributed by atoms with Gasteiger partial charge in [0.25, 0.3) is 0 Å². The van der Waals surface area contributed by atoms with Gasteiger partial charge in [-0.25, -0.2) is 16.8 Å². The third-order valence-corrected chi connectivity index (χ3v) is 7.33. The maximum atomic E-state index is 12.2. The fourth-order valence-electron chi connectivity index (χ4n) is 1.82. The molecule has 1 aromatic rings. The molecule has 0 saturated carbocycles. The standard InChI is InChI=1S/C11H14ClNO4S2/c1-2-18(14,15)13-7-11(8-13)19(16,17)10-5-3-9(12)4-6-10/h3-6,11H,2,7-8H2,1H3. The average Bonchev–Trinajstić information content (AvgIpc) is 2.26. The van der Waals surface area contributed by atoms with Gasteiger partial charge in [-0.15, -0.1) is 0 Å². The molecule has 19 heavy (non-hydrogen) atoms. The second kappa shape index (κ2) is 5.05. The van der Waals surface area contributed by atoms with Crippen LogP contribution >= 0.6 is 11.6 Å². The van der Waals surface area contributed by atoms with Gasteiger partial charge in [0, 0.05) is 18.1 Å². The fraction of sp³-hybridized carbons (Fsp3) is 0.455. The number of hydrogen-bond donors (Lipinski definition) is 0. The molecule has 106 valence electrons. The quantitative estimate of drug-likeness (QED) is 0.833. The summed E-state index contributed by atoms with van der Waals surface area (Å²) in [6.07, 6.45) is 0. The summed E-state index contributed by atoms with van der Waals surface area (Å²) in [4.78, 5) is 0.176. The van der Waals surface area contributed by atoms with E-state index >= 15 is 0 Å². The van der Waals surface area contributed by atoms with Crippen LogP contribution in [0.3, 0.4) is 0 Å². The molecule has 1 aliphatic rings. The number of hydrogen-bond acceptors (Lipinski definition) is 4. The first-order valence-corrected chi connectivity index (χ1v) is 9.28. The van der Waals surface area contributed by atoms with Crippen LogP contribution in [0.1, 0.15) is 6.92 Å². The Morgan fingerprint density at radius 1 is 1.16 bits per heavy atom. The third-order valence-electron chi connectivity index (χ3n) is 3.15. The minimum Gasteiger partial charge on any atom is -0.223 e. The Kier molecular flexibility index (Phi) is 3.92. The number of nitrogens with zero attached hydrogens (tertiary/aromatic N) is 1. The Labute approximate surface area is 118 Å². The van der Waals surface area contributed by atoms with E-state index in [0.29, 0.717) is 5.02 Å². The number of rotatable bonds is 4. The molecule has 0 aromatic heterocycles. The monoisotopic (exact) mass is 323 g/mol. The van der Waals surface area contributed by atoms with E-state index in [-0.39, 0.29) is 23.7 Å². The van der Waals surface area contributed by atoms with E-state index in [1.807, 2.05) is 0 Å². The summed E-state index contributed by atoms with van der Waals surface area (Å²) >= 11 is 5.71. The first-order chi connectivity index (χ1) is 8.77. The Bertz CT molecular complexity index is 661. The van der Waals surface area contributed by atoms with Crippen molar-refractivity contribution in [1.29, 1.82) is 0 Å². The third kappa shape index (κ3) is 2.79. The maximum Gasteiger partial charge on any atom is 0.213 e.